The van der Waals surface area contributed by atoms with Crippen LogP contribution < -0.4 is 0 Å². The van der Waals surface area contributed by atoms with Crippen molar-refractivity contribution in [2.45, 2.75) is 52.1 Å². The van der Waals surface area contributed by atoms with Crippen LogP contribution in [0.2, 0.25) is 0 Å². The normalized spacial score (nSPS) is 33.0. The van der Waals surface area contributed by atoms with Crippen molar-refractivity contribution in [2.75, 3.05) is 0 Å². The molecule has 0 aromatic carbocycles. The average molecular weight is 251 g/mol. The second-order valence-corrected chi connectivity index (χ2v) is 6.40. The fourth-order valence-electron chi connectivity index (χ4n) is 3.54. The molecule has 4 heteroatoms. The van der Waals surface area contributed by atoms with Crippen LogP contribution in [-0.4, -0.2) is 25.7 Å². The molecule has 0 spiro atoms. The first-order chi connectivity index (χ1) is 8.40. The number of rotatable bonds is 3. The molecule has 1 heterocycles. The van der Waals surface area contributed by atoms with Gasteiger partial charge in [0.2, 0.25) is 0 Å². The largest absolute Gasteiger partial charge is 0.389 e. The van der Waals surface area contributed by atoms with E-state index in [2.05, 4.69) is 31.1 Å². The Bertz CT molecular complexity index is 401. The smallest absolute Gasteiger partial charge is 0.0855 e. The fraction of sp³-hybridized carbons (Fsp3) is 0.857. The number of aliphatic hydroxyl groups is 1. The molecule has 1 aliphatic rings. The van der Waals surface area contributed by atoms with E-state index in [0.29, 0.717) is 24.2 Å². The maximum Gasteiger partial charge on any atom is 0.0855 e. The summed E-state index contributed by atoms with van der Waals surface area (Å²) in [5.41, 5.74) is 0.293. The van der Waals surface area contributed by atoms with Crippen molar-refractivity contribution in [2.24, 2.45) is 24.8 Å². The number of nitrogens with zero attached hydrogens (tertiary/aromatic N) is 3. The van der Waals surface area contributed by atoms with E-state index in [1.807, 2.05) is 13.2 Å². The average Bonchev–Trinajstić information content (AvgIpc) is 2.62. The molecule has 0 radical (unpaired) electrons. The molecule has 4 nitrogen and oxygen atoms in total. The van der Waals surface area contributed by atoms with Crippen LogP contribution in [0.5, 0.6) is 0 Å². The Morgan fingerprint density at radius 3 is 2.78 bits per heavy atom. The Labute approximate surface area is 109 Å². The van der Waals surface area contributed by atoms with Crippen LogP contribution in [0.1, 0.15) is 45.7 Å². The van der Waals surface area contributed by atoms with Gasteiger partial charge in [0.25, 0.3) is 0 Å². The van der Waals surface area contributed by atoms with Crippen molar-refractivity contribution in [3.63, 3.8) is 0 Å². The Hall–Kier alpha value is -0.900. The van der Waals surface area contributed by atoms with Gasteiger partial charge in [0.15, 0.2) is 0 Å². The summed E-state index contributed by atoms with van der Waals surface area (Å²) in [6, 6.07) is 0. The zero-order chi connectivity index (χ0) is 13.3. The highest BCUT2D eigenvalue weighted by Crippen LogP contribution is 2.42. The maximum absolute atomic E-state index is 11.1. The molecular weight excluding hydrogens is 226 g/mol. The van der Waals surface area contributed by atoms with Gasteiger partial charge in [-0.3, -0.25) is 4.68 Å². The van der Waals surface area contributed by atoms with E-state index >= 15 is 0 Å². The molecule has 0 aliphatic heterocycles. The van der Waals surface area contributed by atoms with Gasteiger partial charge >= 0.3 is 0 Å². The van der Waals surface area contributed by atoms with E-state index in [1.165, 1.54) is 6.42 Å². The van der Waals surface area contributed by atoms with Crippen molar-refractivity contribution >= 4 is 0 Å². The minimum Gasteiger partial charge on any atom is -0.389 e. The monoisotopic (exact) mass is 251 g/mol. The maximum atomic E-state index is 11.1. The third kappa shape index (κ3) is 2.74. The summed E-state index contributed by atoms with van der Waals surface area (Å²) in [7, 11) is 1.87. The fourth-order valence-corrected chi connectivity index (χ4v) is 3.54. The quantitative estimate of drug-likeness (QED) is 0.896. The predicted molar refractivity (Wildman–Crippen MR) is 71.0 cm³/mol. The van der Waals surface area contributed by atoms with Gasteiger partial charge < -0.3 is 5.11 Å². The summed E-state index contributed by atoms with van der Waals surface area (Å²) in [6.07, 6.45) is 5.77. The van der Waals surface area contributed by atoms with Crippen LogP contribution in [0, 0.1) is 17.8 Å². The summed E-state index contributed by atoms with van der Waals surface area (Å²) < 4.78 is 1.70. The van der Waals surface area contributed by atoms with E-state index in [1.54, 1.807) is 4.68 Å². The molecule has 2 rings (SSSR count). The molecule has 1 aliphatic carbocycles. The van der Waals surface area contributed by atoms with Gasteiger partial charge in [-0.1, -0.05) is 32.4 Å². The second-order valence-electron chi connectivity index (χ2n) is 6.40. The zero-order valence-corrected chi connectivity index (χ0v) is 11.9. The van der Waals surface area contributed by atoms with E-state index in [0.717, 1.165) is 18.5 Å². The third-order valence-corrected chi connectivity index (χ3v) is 4.30. The summed E-state index contributed by atoms with van der Waals surface area (Å²) in [4.78, 5) is 0. The number of aryl methyl sites for hydroxylation is 1. The molecule has 1 fully saturated rings. The van der Waals surface area contributed by atoms with E-state index in [4.69, 9.17) is 0 Å². The summed E-state index contributed by atoms with van der Waals surface area (Å²) in [5.74, 6) is 1.48. The van der Waals surface area contributed by atoms with Crippen LogP contribution in [-0.2, 0) is 13.5 Å². The van der Waals surface area contributed by atoms with Crippen LogP contribution >= 0.6 is 0 Å². The van der Waals surface area contributed by atoms with Crippen LogP contribution in [0.4, 0.5) is 0 Å². The van der Waals surface area contributed by atoms with Crippen molar-refractivity contribution in [1.82, 2.24) is 15.0 Å². The molecule has 1 saturated carbocycles. The van der Waals surface area contributed by atoms with Crippen molar-refractivity contribution in [3.8, 4) is 0 Å². The highest BCUT2D eigenvalue weighted by atomic mass is 16.3. The molecule has 1 aromatic heterocycles. The summed E-state index contributed by atoms with van der Waals surface area (Å²) >= 11 is 0. The summed E-state index contributed by atoms with van der Waals surface area (Å²) in [5, 5.41) is 19.1. The molecule has 0 amide bonds. The lowest BCUT2D eigenvalue weighted by Crippen LogP contribution is -2.47. The summed E-state index contributed by atoms with van der Waals surface area (Å²) in [6.45, 7) is 6.66. The molecule has 102 valence electrons. The molecule has 3 atom stereocenters. The van der Waals surface area contributed by atoms with Gasteiger partial charge in [0, 0.05) is 19.7 Å². The van der Waals surface area contributed by atoms with E-state index < -0.39 is 5.60 Å². The Morgan fingerprint density at radius 2 is 2.22 bits per heavy atom. The number of hydrogen-bond donors (Lipinski definition) is 1. The van der Waals surface area contributed by atoms with E-state index in [-0.39, 0.29) is 0 Å². The highest BCUT2D eigenvalue weighted by Gasteiger charge is 2.43. The Kier molecular flexibility index (Phi) is 3.76. The topological polar surface area (TPSA) is 50.9 Å². The minimum atomic E-state index is -0.609. The molecule has 0 saturated heterocycles. The number of aromatic nitrogens is 3. The van der Waals surface area contributed by atoms with Gasteiger partial charge in [-0.2, -0.15) is 0 Å². The van der Waals surface area contributed by atoms with Crippen molar-refractivity contribution in [1.29, 1.82) is 0 Å². The van der Waals surface area contributed by atoms with Gasteiger partial charge in [-0.05, 0) is 30.6 Å². The van der Waals surface area contributed by atoms with Gasteiger partial charge in [-0.25, -0.2) is 0 Å². The van der Waals surface area contributed by atoms with Crippen LogP contribution in [0.15, 0.2) is 6.20 Å². The predicted octanol–water partition coefficient (Wildman–Crippen LogP) is 2.18. The van der Waals surface area contributed by atoms with Gasteiger partial charge in [0.05, 0.1) is 11.3 Å². The lowest BCUT2D eigenvalue weighted by Gasteiger charge is -2.44. The van der Waals surface area contributed by atoms with Crippen molar-refractivity contribution < 1.29 is 5.11 Å². The van der Waals surface area contributed by atoms with Gasteiger partial charge in [0.1, 0.15) is 0 Å². The second kappa shape index (κ2) is 5.00. The number of hydrogen-bond acceptors (Lipinski definition) is 3. The molecular formula is C14H25N3O. The first-order valence-corrected chi connectivity index (χ1v) is 6.98. The Balaban J connectivity index is 2.18. The van der Waals surface area contributed by atoms with Crippen molar-refractivity contribution in [3.05, 3.63) is 11.9 Å². The lowest BCUT2D eigenvalue weighted by atomic mass is 9.65. The molecule has 0 bridgehead atoms. The van der Waals surface area contributed by atoms with Gasteiger partial charge in [-0.15, -0.1) is 5.10 Å². The SMILES string of the molecule is CC1CCC(C(C)C)C(O)(Cc2cn(C)nn2)C1. The molecule has 18 heavy (non-hydrogen) atoms. The molecule has 1 N–H and O–H groups in total. The Morgan fingerprint density at radius 1 is 1.50 bits per heavy atom. The first-order valence-electron chi connectivity index (χ1n) is 6.98. The minimum absolute atomic E-state index is 0.371. The van der Waals surface area contributed by atoms with Crippen LogP contribution in [0.3, 0.4) is 0 Å². The highest BCUT2D eigenvalue weighted by molar-refractivity contribution is 5.04. The third-order valence-electron chi connectivity index (χ3n) is 4.30. The van der Waals surface area contributed by atoms with Crippen LogP contribution in [0.25, 0.3) is 0 Å². The van der Waals surface area contributed by atoms with E-state index in [9.17, 15) is 5.11 Å². The molecule has 3 unspecified atom stereocenters. The first kappa shape index (κ1) is 13.5. The molecule has 1 aromatic rings. The zero-order valence-electron chi connectivity index (χ0n) is 11.9. The lowest BCUT2D eigenvalue weighted by molar-refractivity contribution is -0.0801. The standard InChI is InChI=1S/C14H25N3O/c1-10(2)13-6-5-11(3)7-14(13,18)8-12-9-17(4)16-15-12/h9-11,13,18H,5-8H2,1-4H3.